The van der Waals surface area contributed by atoms with Gasteiger partial charge in [0.25, 0.3) is 0 Å². The molecule has 1 aromatic carbocycles. The monoisotopic (exact) mass is 282 g/mol. The Morgan fingerprint density at radius 1 is 1.10 bits per heavy atom. The molecule has 0 atom stereocenters. The van der Waals surface area contributed by atoms with Gasteiger partial charge in [0.2, 0.25) is 0 Å². The number of benzene rings is 1. The molecule has 1 N–H and O–H groups in total. The minimum Gasteiger partial charge on any atom is -0.371 e. The van der Waals surface area contributed by atoms with Crippen LogP contribution in [0.25, 0.3) is 0 Å². The van der Waals surface area contributed by atoms with Crippen LogP contribution in [0, 0.1) is 0 Å². The van der Waals surface area contributed by atoms with E-state index < -0.39 is 0 Å². The second-order valence-electron chi connectivity index (χ2n) is 5.41. The summed E-state index contributed by atoms with van der Waals surface area (Å²) in [6.07, 6.45) is 1.97. The van der Waals surface area contributed by atoms with Gasteiger partial charge >= 0.3 is 0 Å². The molecule has 0 unspecified atom stereocenters. The topological polar surface area (TPSA) is 31.4 Å². The molecular formula is C17H22N4. The second-order valence-corrected chi connectivity index (χ2v) is 5.41. The maximum Gasteiger partial charge on any atom is 0.125 e. The van der Waals surface area contributed by atoms with Crippen LogP contribution in [0.3, 0.4) is 0 Å². The lowest BCUT2D eigenvalue weighted by Gasteiger charge is -2.37. The second kappa shape index (κ2) is 6.04. The first-order valence-electron chi connectivity index (χ1n) is 7.52. The van der Waals surface area contributed by atoms with Crippen LogP contribution in [-0.2, 0) is 6.54 Å². The fourth-order valence-corrected chi connectivity index (χ4v) is 2.75. The van der Waals surface area contributed by atoms with Crippen molar-refractivity contribution in [2.45, 2.75) is 13.5 Å². The van der Waals surface area contributed by atoms with E-state index in [1.807, 2.05) is 6.20 Å². The summed E-state index contributed by atoms with van der Waals surface area (Å²) in [5.74, 6) is 0.944. The Bertz CT molecular complexity index is 594. The highest BCUT2D eigenvalue weighted by molar-refractivity contribution is 5.73. The van der Waals surface area contributed by atoms with Crippen LogP contribution in [0.15, 0.2) is 42.6 Å². The van der Waals surface area contributed by atoms with Gasteiger partial charge in [0.05, 0.1) is 11.4 Å². The average molecular weight is 282 g/mol. The Kier molecular flexibility index (Phi) is 3.95. The quantitative estimate of drug-likeness (QED) is 0.934. The summed E-state index contributed by atoms with van der Waals surface area (Å²) >= 11 is 0. The number of hydrogen-bond acceptors (Lipinski definition) is 4. The van der Waals surface area contributed by atoms with E-state index in [0.717, 1.165) is 32.0 Å². The van der Waals surface area contributed by atoms with Crippen molar-refractivity contribution in [2.75, 3.05) is 41.8 Å². The number of pyridine rings is 1. The summed E-state index contributed by atoms with van der Waals surface area (Å²) < 4.78 is 0. The van der Waals surface area contributed by atoms with E-state index >= 15 is 0 Å². The zero-order valence-corrected chi connectivity index (χ0v) is 12.7. The highest BCUT2D eigenvalue weighted by Crippen LogP contribution is 2.32. The first kappa shape index (κ1) is 13.7. The molecule has 0 spiro atoms. The first-order chi connectivity index (χ1) is 10.3. The smallest absolute Gasteiger partial charge is 0.125 e. The summed E-state index contributed by atoms with van der Waals surface area (Å²) in [6, 6.07) is 12.8. The maximum atomic E-state index is 4.46. The summed E-state index contributed by atoms with van der Waals surface area (Å²) in [7, 11) is 2.16. The molecule has 21 heavy (non-hydrogen) atoms. The highest BCUT2D eigenvalue weighted by Gasteiger charge is 2.19. The summed E-state index contributed by atoms with van der Waals surface area (Å²) in [5.41, 5.74) is 3.86. The molecule has 2 heterocycles. The van der Waals surface area contributed by atoms with Crippen LogP contribution in [0.4, 0.5) is 17.2 Å². The molecule has 0 bridgehead atoms. The van der Waals surface area contributed by atoms with Crippen molar-refractivity contribution in [3.8, 4) is 0 Å². The molecule has 0 saturated heterocycles. The highest BCUT2D eigenvalue weighted by atomic mass is 15.2. The molecule has 0 fully saturated rings. The Hall–Kier alpha value is -2.23. The van der Waals surface area contributed by atoms with Crippen molar-refractivity contribution < 1.29 is 0 Å². The van der Waals surface area contributed by atoms with Crippen molar-refractivity contribution in [3.05, 3.63) is 48.2 Å². The number of para-hydroxylation sites is 2. The number of nitrogens with one attached hydrogen (secondary N) is 1. The molecular weight excluding hydrogens is 260 g/mol. The third-order valence-electron chi connectivity index (χ3n) is 3.90. The molecule has 4 heteroatoms. The van der Waals surface area contributed by atoms with Crippen molar-refractivity contribution in [1.29, 1.82) is 0 Å². The van der Waals surface area contributed by atoms with Gasteiger partial charge in [-0.25, -0.2) is 4.98 Å². The molecule has 110 valence electrons. The van der Waals surface area contributed by atoms with E-state index in [0.29, 0.717) is 0 Å². The van der Waals surface area contributed by atoms with Crippen molar-refractivity contribution in [3.63, 3.8) is 0 Å². The number of nitrogens with zero attached hydrogens (tertiary/aromatic N) is 3. The normalized spacial score (nSPS) is 14.0. The van der Waals surface area contributed by atoms with Crippen molar-refractivity contribution >= 4 is 17.2 Å². The van der Waals surface area contributed by atoms with Gasteiger partial charge in [-0.15, -0.1) is 0 Å². The minimum atomic E-state index is 0.901. The van der Waals surface area contributed by atoms with Crippen LogP contribution >= 0.6 is 0 Å². The van der Waals surface area contributed by atoms with Crippen molar-refractivity contribution in [1.82, 2.24) is 4.98 Å². The van der Waals surface area contributed by atoms with Gasteiger partial charge in [-0.05, 0) is 30.7 Å². The summed E-state index contributed by atoms with van der Waals surface area (Å²) in [5, 5.41) is 3.23. The molecule has 1 aliphatic heterocycles. The molecule has 4 nitrogen and oxygen atoms in total. The molecule has 1 aliphatic rings. The van der Waals surface area contributed by atoms with Crippen molar-refractivity contribution in [2.24, 2.45) is 0 Å². The van der Waals surface area contributed by atoms with E-state index in [1.54, 1.807) is 0 Å². The Balaban J connectivity index is 1.78. The maximum absolute atomic E-state index is 4.46. The van der Waals surface area contributed by atoms with Gasteiger partial charge in [0.1, 0.15) is 5.82 Å². The predicted molar refractivity (Wildman–Crippen MR) is 89.2 cm³/mol. The predicted octanol–water partition coefficient (Wildman–Crippen LogP) is 2.97. The number of fused-ring (bicyclic) bond motifs is 1. The molecule has 3 rings (SSSR count). The van der Waals surface area contributed by atoms with Gasteiger partial charge in [0, 0.05) is 39.4 Å². The molecule has 0 amide bonds. The van der Waals surface area contributed by atoms with E-state index in [4.69, 9.17) is 0 Å². The zero-order chi connectivity index (χ0) is 14.7. The SMILES string of the molecule is CCNc1ccc(CN2CCN(C)c3ccccc32)cn1. The van der Waals surface area contributed by atoms with E-state index in [9.17, 15) is 0 Å². The van der Waals surface area contributed by atoms with Crippen LogP contribution in [0.5, 0.6) is 0 Å². The minimum absolute atomic E-state index is 0.901. The summed E-state index contributed by atoms with van der Waals surface area (Å²) in [6.45, 7) is 5.99. The number of likely N-dealkylation sites (N-methyl/N-ethyl adjacent to an activating group) is 1. The molecule has 0 aliphatic carbocycles. The van der Waals surface area contributed by atoms with Crippen LogP contribution in [-0.4, -0.2) is 31.7 Å². The molecule has 2 aromatic rings. The Labute approximate surface area is 126 Å². The van der Waals surface area contributed by atoms with Crippen LogP contribution in [0.2, 0.25) is 0 Å². The number of anilines is 3. The zero-order valence-electron chi connectivity index (χ0n) is 12.7. The Morgan fingerprint density at radius 2 is 1.90 bits per heavy atom. The number of rotatable bonds is 4. The van der Waals surface area contributed by atoms with E-state index in [-0.39, 0.29) is 0 Å². The van der Waals surface area contributed by atoms with Gasteiger partial charge in [0.15, 0.2) is 0 Å². The van der Waals surface area contributed by atoms with Gasteiger partial charge < -0.3 is 15.1 Å². The van der Waals surface area contributed by atoms with Crippen LogP contribution in [0.1, 0.15) is 12.5 Å². The van der Waals surface area contributed by atoms with Gasteiger partial charge in [-0.3, -0.25) is 0 Å². The third kappa shape index (κ3) is 2.94. The summed E-state index contributed by atoms with van der Waals surface area (Å²) in [4.78, 5) is 9.20. The molecule has 0 saturated carbocycles. The van der Waals surface area contributed by atoms with Gasteiger partial charge in [-0.2, -0.15) is 0 Å². The van der Waals surface area contributed by atoms with E-state index in [1.165, 1.54) is 16.9 Å². The Morgan fingerprint density at radius 3 is 2.62 bits per heavy atom. The third-order valence-corrected chi connectivity index (χ3v) is 3.90. The standard InChI is InChI=1S/C17H22N4/c1-3-18-17-9-8-14(12-19-17)13-21-11-10-20(2)15-6-4-5-7-16(15)21/h4-9,12H,3,10-11,13H2,1-2H3,(H,18,19). The molecule has 1 aromatic heterocycles. The molecule has 0 radical (unpaired) electrons. The lowest BCUT2D eigenvalue weighted by Crippen LogP contribution is -2.38. The number of aromatic nitrogens is 1. The first-order valence-corrected chi connectivity index (χ1v) is 7.52. The average Bonchev–Trinajstić information content (AvgIpc) is 2.52. The fourth-order valence-electron chi connectivity index (χ4n) is 2.75. The van der Waals surface area contributed by atoms with Gasteiger partial charge in [-0.1, -0.05) is 18.2 Å². The lowest BCUT2D eigenvalue weighted by atomic mass is 10.1. The largest absolute Gasteiger partial charge is 0.371 e. The number of hydrogen-bond donors (Lipinski definition) is 1. The van der Waals surface area contributed by atoms with E-state index in [2.05, 4.69) is 70.5 Å². The lowest BCUT2D eigenvalue weighted by molar-refractivity contribution is 0.733. The van der Waals surface area contributed by atoms with Crippen LogP contribution < -0.4 is 15.1 Å². The fraction of sp³-hybridized carbons (Fsp3) is 0.353.